The second-order valence-corrected chi connectivity index (χ2v) is 20.1. The second-order valence-electron chi connectivity index (χ2n) is 20.1. The molecule has 7 atom stereocenters. The van der Waals surface area contributed by atoms with Crippen LogP contribution in [-0.4, -0.2) is 87.5 Å². The van der Waals surface area contributed by atoms with Crippen LogP contribution in [0.2, 0.25) is 0 Å². The third kappa shape index (κ3) is 36.6. The van der Waals surface area contributed by atoms with Crippen LogP contribution in [0.25, 0.3) is 0 Å². The highest BCUT2D eigenvalue weighted by atomic mass is 16.7. The van der Waals surface area contributed by atoms with E-state index in [2.05, 4.69) is 31.3 Å². The van der Waals surface area contributed by atoms with Crippen molar-refractivity contribution in [2.75, 3.05) is 13.2 Å². The lowest BCUT2D eigenvalue weighted by atomic mass is 9.99. The van der Waals surface area contributed by atoms with E-state index < -0.39 is 49.5 Å². The Labute approximate surface area is 407 Å². The summed E-state index contributed by atoms with van der Waals surface area (Å²) in [4.78, 5) is 13.0. The molecule has 1 saturated heterocycles. The summed E-state index contributed by atoms with van der Waals surface area (Å²) in [6.07, 6.45) is 52.7. The lowest BCUT2D eigenvalue weighted by Gasteiger charge is -2.40. The Morgan fingerprint density at radius 1 is 0.500 bits per heavy atom. The molecule has 9 nitrogen and oxygen atoms in total. The quantitative estimate of drug-likeness (QED) is 0.0261. The summed E-state index contributed by atoms with van der Waals surface area (Å²) in [5.41, 5.74) is 0. The Kier molecular flexibility index (Phi) is 45.0. The smallest absolute Gasteiger partial charge is 0.220 e. The molecule has 0 aromatic carbocycles. The molecule has 1 rings (SSSR count). The number of nitrogens with one attached hydrogen (secondary N) is 1. The van der Waals surface area contributed by atoms with Crippen molar-refractivity contribution < 1.29 is 39.8 Å². The van der Waals surface area contributed by atoms with E-state index in [1.165, 1.54) is 218 Å². The Bertz CT molecular complexity index is 1090. The number of ether oxygens (including phenoxy) is 2. The molecule has 0 aromatic heterocycles. The first kappa shape index (κ1) is 62.7. The van der Waals surface area contributed by atoms with Crippen molar-refractivity contribution in [3.05, 3.63) is 24.3 Å². The van der Waals surface area contributed by atoms with Crippen molar-refractivity contribution in [1.82, 2.24) is 5.32 Å². The largest absolute Gasteiger partial charge is 0.394 e. The van der Waals surface area contributed by atoms with Gasteiger partial charge in [-0.05, 0) is 44.9 Å². The molecule has 0 bridgehead atoms. The fourth-order valence-electron chi connectivity index (χ4n) is 9.21. The SMILES string of the molecule is CCCCCCCCCCC/C=C/C(O)C(COC1OC(CO)C(O)C(O)C1O)NC(=O)CCCCCCCCCCCCCCCCCC/C=C\CCCCCCCCCCCCCC. The molecule has 0 aliphatic carbocycles. The Hall–Kier alpha value is -1.33. The van der Waals surface area contributed by atoms with Gasteiger partial charge in [0.15, 0.2) is 6.29 Å². The van der Waals surface area contributed by atoms with E-state index in [-0.39, 0.29) is 12.5 Å². The molecule has 0 aromatic rings. The minimum Gasteiger partial charge on any atom is -0.394 e. The molecule has 9 heteroatoms. The van der Waals surface area contributed by atoms with Gasteiger partial charge in [0.05, 0.1) is 25.4 Å². The van der Waals surface area contributed by atoms with Gasteiger partial charge in [-0.15, -0.1) is 0 Å². The van der Waals surface area contributed by atoms with Crippen molar-refractivity contribution in [1.29, 1.82) is 0 Å². The van der Waals surface area contributed by atoms with Gasteiger partial charge in [-0.2, -0.15) is 0 Å². The average molecular weight is 936 g/mol. The second kappa shape index (κ2) is 47.4. The number of carbonyl (C=O) groups is 1. The summed E-state index contributed by atoms with van der Waals surface area (Å²) >= 11 is 0. The summed E-state index contributed by atoms with van der Waals surface area (Å²) < 4.78 is 11.2. The summed E-state index contributed by atoms with van der Waals surface area (Å²) in [7, 11) is 0. The highest BCUT2D eigenvalue weighted by Crippen LogP contribution is 2.23. The molecule has 1 aliphatic rings. The van der Waals surface area contributed by atoms with Gasteiger partial charge < -0.3 is 40.3 Å². The molecule has 1 aliphatic heterocycles. The van der Waals surface area contributed by atoms with E-state index in [4.69, 9.17) is 9.47 Å². The number of aliphatic hydroxyl groups excluding tert-OH is 5. The fraction of sp³-hybridized carbons (Fsp3) is 0.912. The summed E-state index contributed by atoms with van der Waals surface area (Å²) in [6.45, 7) is 3.78. The number of unbranched alkanes of at least 4 members (excludes halogenated alkanes) is 37. The van der Waals surface area contributed by atoms with E-state index in [0.717, 1.165) is 38.5 Å². The van der Waals surface area contributed by atoms with Crippen LogP contribution < -0.4 is 5.32 Å². The van der Waals surface area contributed by atoms with E-state index in [1.54, 1.807) is 6.08 Å². The van der Waals surface area contributed by atoms with Gasteiger partial charge in [0.2, 0.25) is 5.91 Å². The lowest BCUT2D eigenvalue weighted by molar-refractivity contribution is -0.302. The molecule has 1 amide bonds. The number of rotatable bonds is 49. The van der Waals surface area contributed by atoms with Crippen molar-refractivity contribution in [2.45, 2.75) is 320 Å². The minimum atomic E-state index is -1.56. The summed E-state index contributed by atoms with van der Waals surface area (Å²) in [5, 5.41) is 54.3. The molecule has 1 fully saturated rings. The van der Waals surface area contributed by atoms with Crippen LogP contribution in [-0.2, 0) is 14.3 Å². The number of amides is 1. The fourth-order valence-corrected chi connectivity index (χ4v) is 9.21. The molecule has 1 heterocycles. The number of carbonyl (C=O) groups excluding carboxylic acids is 1. The zero-order chi connectivity index (χ0) is 48.0. The van der Waals surface area contributed by atoms with Crippen molar-refractivity contribution in [3.8, 4) is 0 Å². The monoisotopic (exact) mass is 936 g/mol. The van der Waals surface area contributed by atoms with Crippen LogP contribution in [0.5, 0.6) is 0 Å². The highest BCUT2D eigenvalue weighted by Gasteiger charge is 2.44. The van der Waals surface area contributed by atoms with Crippen LogP contribution in [0.3, 0.4) is 0 Å². The van der Waals surface area contributed by atoms with E-state index in [0.29, 0.717) is 6.42 Å². The number of aliphatic hydroxyl groups is 5. The molecule has 390 valence electrons. The first-order valence-corrected chi connectivity index (χ1v) is 28.6. The van der Waals surface area contributed by atoms with E-state index >= 15 is 0 Å². The van der Waals surface area contributed by atoms with E-state index in [1.807, 2.05) is 6.08 Å². The third-order valence-electron chi connectivity index (χ3n) is 13.8. The maximum atomic E-state index is 13.0. The summed E-state index contributed by atoms with van der Waals surface area (Å²) in [5.74, 6) is -0.174. The number of allylic oxidation sites excluding steroid dienone is 3. The molecule has 7 unspecified atom stereocenters. The molecular weight excluding hydrogens is 827 g/mol. The van der Waals surface area contributed by atoms with Crippen molar-refractivity contribution in [2.24, 2.45) is 0 Å². The maximum absolute atomic E-state index is 13.0. The zero-order valence-electron chi connectivity index (χ0n) is 43.2. The third-order valence-corrected chi connectivity index (χ3v) is 13.8. The standard InChI is InChI=1S/C57H109NO8/c1-3-5-7-9-11-13-15-16-17-18-19-20-21-22-23-24-25-26-27-28-29-30-31-32-33-34-35-37-39-41-43-45-47-53(61)58-50(49-65-57-56(64)55(63)54(62)52(48-59)66-57)51(60)46-44-42-40-38-36-14-12-10-8-6-4-2/h22-23,44,46,50-52,54-57,59-60,62-64H,3-21,24-43,45,47-49H2,1-2H3,(H,58,61)/b23-22-,46-44+. The molecule has 6 N–H and O–H groups in total. The van der Waals surface area contributed by atoms with Crippen LogP contribution >= 0.6 is 0 Å². The van der Waals surface area contributed by atoms with Gasteiger partial charge in [-0.3, -0.25) is 4.79 Å². The van der Waals surface area contributed by atoms with Gasteiger partial charge >= 0.3 is 0 Å². The van der Waals surface area contributed by atoms with Crippen LogP contribution in [0.1, 0.15) is 277 Å². The maximum Gasteiger partial charge on any atom is 0.220 e. The predicted octanol–water partition coefficient (Wildman–Crippen LogP) is 13.8. The molecule has 66 heavy (non-hydrogen) atoms. The van der Waals surface area contributed by atoms with Gasteiger partial charge in [-0.25, -0.2) is 0 Å². The number of hydrogen-bond donors (Lipinski definition) is 6. The van der Waals surface area contributed by atoms with Crippen molar-refractivity contribution >= 4 is 5.91 Å². The van der Waals surface area contributed by atoms with Crippen molar-refractivity contribution in [3.63, 3.8) is 0 Å². The van der Waals surface area contributed by atoms with Gasteiger partial charge in [0, 0.05) is 6.42 Å². The normalized spacial score (nSPS) is 19.9. The zero-order valence-corrected chi connectivity index (χ0v) is 43.2. The first-order chi connectivity index (χ1) is 32.3. The summed E-state index contributed by atoms with van der Waals surface area (Å²) in [6, 6.07) is -0.801. The Morgan fingerprint density at radius 3 is 1.23 bits per heavy atom. The lowest BCUT2D eigenvalue weighted by Crippen LogP contribution is -2.60. The average Bonchev–Trinajstić information content (AvgIpc) is 3.32. The van der Waals surface area contributed by atoms with Crippen LogP contribution in [0.15, 0.2) is 24.3 Å². The van der Waals surface area contributed by atoms with Gasteiger partial charge in [0.25, 0.3) is 0 Å². The van der Waals surface area contributed by atoms with Crippen LogP contribution in [0.4, 0.5) is 0 Å². The predicted molar refractivity (Wildman–Crippen MR) is 277 cm³/mol. The van der Waals surface area contributed by atoms with Crippen LogP contribution in [0, 0.1) is 0 Å². The topological polar surface area (TPSA) is 149 Å². The van der Waals surface area contributed by atoms with Gasteiger partial charge in [-0.1, -0.05) is 250 Å². The number of hydrogen-bond acceptors (Lipinski definition) is 8. The Balaban J connectivity index is 2.09. The molecule has 0 saturated carbocycles. The first-order valence-electron chi connectivity index (χ1n) is 28.6. The van der Waals surface area contributed by atoms with E-state index in [9.17, 15) is 30.3 Å². The Morgan fingerprint density at radius 2 is 0.848 bits per heavy atom. The van der Waals surface area contributed by atoms with Gasteiger partial charge in [0.1, 0.15) is 24.4 Å². The molecule has 0 spiro atoms. The highest BCUT2D eigenvalue weighted by molar-refractivity contribution is 5.76. The molecule has 0 radical (unpaired) electrons. The molecular formula is C57H109NO8. The minimum absolute atomic E-state index is 0.174.